The molecular weight excluding hydrogens is 445 g/mol. The van der Waals surface area contributed by atoms with Crippen LogP contribution in [-0.2, 0) is 11.2 Å². The minimum Gasteiger partial charge on any atom is -0.355 e. The molecule has 8 heteroatoms. The van der Waals surface area contributed by atoms with Gasteiger partial charge in [0, 0.05) is 6.54 Å². The molecule has 4 rings (SSSR count). The van der Waals surface area contributed by atoms with Gasteiger partial charge in [0.15, 0.2) is 5.16 Å². The summed E-state index contributed by atoms with van der Waals surface area (Å²) in [6, 6.07) is 16.2. The maximum absolute atomic E-state index is 13.6. The number of hydrogen-bond donors (Lipinski definition) is 1. The number of aromatic nitrogens is 2. The molecule has 2 aromatic heterocycles. The zero-order valence-corrected chi connectivity index (χ0v) is 19.1. The number of thiophene rings is 1. The highest BCUT2D eigenvalue weighted by Gasteiger charge is 2.17. The minimum atomic E-state index is -0.367. The Bertz CT molecular complexity index is 1300. The number of aryl methyl sites for hydroxylation is 2. The number of carbonyl (C=O) groups is 1. The molecule has 1 amide bonds. The first kappa shape index (κ1) is 22.2. The minimum absolute atomic E-state index is 0.120. The van der Waals surface area contributed by atoms with Crippen molar-refractivity contribution in [2.75, 3.05) is 12.3 Å². The van der Waals surface area contributed by atoms with E-state index in [4.69, 9.17) is 0 Å². The molecular formula is C24H22FN3O2S2. The quantitative estimate of drug-likeness (QED) is 0.231. The van der Waals surface area contributed by atoms with E-state index in [9.17, 15) is 14.0 Å². The van der Waals surface area contributed by atoms with Gasteiger partial charge in [0.1, 0.15) is 10.5 Å². The maximum atomic E-state index is 13.6. The molecule has 0 aliphatic rings. The highest BCUT2D eigenvalue weighted by Crippen LogP contribution is 2.25. The molecule has 0 saturated heterocycles. The van der Waals surface area contributed by atoms with Crippen LogP contribution in [0.4, 0.5) is 4.39 Å². The average Bonchev–Trinajstić information content (AvgIpc) is 3.26. The highest BCUT2D eigenvalue weighted by molar-refractivity contribution is 7.99. The molecule has 5 nitrogen and oxygen atoms in total. The monoisotopic (exact) mass is 467 g/mol. The molecule has 2 heterocycles. The van der Waals surface area contributed by atoms with E-state index in [0.717, 1.165) is 12.8 Å². The predicted octanol–water partition coefficient (Wildman–Crippen LogP) is 4.74. The smallest absolute Gasteiger partial charge is 0.276 e. The lowest BCUT2D eigenvalue weighted by molar-refractivity contribution is -0.118. The standard InChI is InChI=1S/C24H22FN3O2S2/c1-16-14-18(25)9-10-20(16)28-23(30)22-19(11-13-31-22)27-24(28)32-15-21(29)26-12-5-8-17-6-3-2-4-7-17/h2-4,6-7,9-11,13-14H,5,8,12,15H2,1H3,(H,26,29). The fourth-order valence-corrected chi connectivity index (χ4v) is 5.01. The molecule has 0 aliphatic heterocycles. The number of nitrogens with one attached hydrogen (secondary N) is 1. The van der Waals surface area contributed by atoms with Crippen LogP contribution in [0.1, 0.15) is 17.5 Å². The average molecular weight is 468 g/mol. The largest absolute Gasteiger partial charge is 0.355 e. The number of hydrogen-bond acceptors (Lipinski definition) is 5. The summed E-state index contributed by atoms with van der Waals surface area (Å²) in [5.74, 6) is -0.355. The summed E-state index contributed by atoms with van der Waals surface area (Å²) in [5.41, 5.74) is 2.80. The second-order valence-corrected chi connectivity index (χ2v) is 9.19. The van der Waals surface area contributed by atoms with Crippen LogP contribution in [0.3, 0.4) is 0 Å². The molecule has 4 aromatic rings. The SMILES string of the molecule is Cc1cc(F)ccc1-n1c(SCC(=O)NCCCc2ccccc2)nc2ccsc2c1=O. The van der Waals surface area contributed by atoms with Gasteiger partial charge >= 0.3 is 0 Å². The van der Waals surface area contributed by atoms with Crippen LogP contribution in [0, 0.1) is 12.7 Å². The van der Waals surface area contributed by atoms with Crippen molar-refractivity contribution >= 4 is 39.2 Å². The van der Waals surface area contributed by atoms with Crippen LogP contribution in [0.2, 0.25) is 0 Å². The lowest BCUT2D eigenvalue weighted by Crippen LogP contribution is -2.27. The lowest BCUT2D eigenvalue weighted by Gasteiger charge is -2.14. The Morgan fingerprint density at radius 3 is 2.78 bits per heavy atom. The van der Waals surface area contributed by atoms with Crippen LogP contribution in [-0.4, -0.2) is 27.8 Å². The van der Waals surface area contributed by atoms with Crippen LogP contribution < -0.4 is 10.9 Å². The van der Waals surface area contributed by atoms with Crippen LogP contribution in [0.5, 0.6) is 0 Å². The van der Waals surface area contributed by atoms with Gasteiger partial charge in [-0.25, -0.2) is 9.37 Å². The summed E-state index contributed by atoms with van der Waals surface area (Å²) in [7, 11) is 0. The third-order valence-electron chi connectivity index (χ3n) is 4.99. The number of rotatable bonds is 8. The Balaban J connectivity index is 1.47. The highest BCUT2D eigenvalue weighted by atomic mass is 32.2. The first-order valence-corrected chi connectivity index (χ1v) is 12.1. The summed E-state index contributed by atoms with van der Waals surface area (Å²) >= 11 is 2.52. The lowest BCUT2D eigenvalue weighted by atomic mass is 10.1. The number of amides is 1. The zero-order valence-electron chi connectivity index (χ0n) is 17.5. The Kier molecular flexibility index (Phi) is 7.02. The summed E-state index contributed by atoms with van der Waals surface area (Å²) in [5, 5.41) is 5.15. The molecule has 32 heavy (non-hydrogen) atoms. The molecule has 0 unspecified atom stereocenters. The summed E-state index contributed by atoms with van der Waals surface area (Å²) in [4.78, 5) is 30.2. The van der Waals surface area contributed by atoms with Crippen molar-refractivity contribution in [1.82, 2.24) is 14.9 Å². The number of carbonyl (C=O) groups excluding carboxylic acids is 1. The molecule has 2 aromatic carbocycles. The second kappa shape index (κ2) is 10.1. The topological polar surface area (TPSA) is 64.0 Å². The zero-order chi connectivity index (χ0) is 22.5. The van der Waals surface area contributed by atoms with Gasteiger partial charge in [-0.2, -0.15) is 0 Å². The Labute approximate surface area is 193 Å². The normalized spacial score (nSPS) is 11.1. The van der Waals surface area contributed by atoms with Gasteiger partial charge in [-0.1, -0.05) is 42.1 Å². The van der Waals surface area contributed by atoms with Crippen LogP contribution >= 0.6 is 23.1 Å². The third kappa shape index (κ3) is 5.08. The van der Waals surface area contributed by atoms with Crippen molar-refractivity contribution in [1.29, 1.82) is 0 Å². The van der Waals surface area contributed by atoms with Gasteiger partial charge in [0.05, 0.1) is 17.0 Å². The van der Waals surface area contributed by atoms with Crippen molar-refractivity contribution < 1.29 is 9.18 Å². The number of thioether (sulfide) groups is 1. The third-order valence-corrected chi connectivity index (χ3v) is 6.82. The molecule has 0 aliphatic carbocycles. The van der Waals surface area contributed by atoms with E-state index in [1.165, 1.54) is 45.4 Å². The number of nitrogens with zero attached hydrogens (tertiary/aromatic N) is 2. The first-order chi connectivity index (χ1) is 15.5. The van der Waals surface area contributed by atoms with Gasteiger partial charge in [-0.05, 0) is 60.5 Å². The first-order valence-electron chi connectivity index (χ1n) is 10.2. The predicted molar refractivity (Wildman–Crippen MR) is 128 cm³/mol. The van der Waals surface area contributed by atoms with E-state index < -0.39 is 0 Å². The molecule has 0 atom stereocenters. The van der Waals surface area contributed by atoms with Crippen molar-refractivity contribution in [2.45, 2.75) is 24.9 Å². The Hall–Kier alpha value is -2.97. The summed E-state index contributed by atoms with van der Waals surface area (Å²) < 4.78 is 15.6. The maximum Gasteiger partial charge on any atom is 0.276 e. The van der Waals surface area contributed by atoms with E-state index in [-0.39, 0.29) is 23.0 Å². The van der Waals surface area contributed by atoms with Crippen molar-refractivity contribution in [3.63, 3.8) is 0 Å². The number of halogens is 1. The van der Waals surface area contributed by atoms with Gasteiger partial charge in [-0.15, -0.1) is 11.3 Å². The fraction of sp³-hybridized carbons (Fsp3) is 0.208. The van der Waals surface area contributed by atoms with E-state index in [0.29, 0.717) is 33.2 Å². The Morgan fingerprint density at radius 2 is 2.00 bits per heavy atom. The van der Waals surface area contributed by atoms with Crippen molar-refractivity contribution in [3.05, 3.63) is 87.3 Å². The second-order valence-electron chi connectivity index (χ2n) is 7.33. The van der Waals surface area contributed by atoms with Gasteiger partial charge in [-0.3, -0.25) is 14.2 Å². The molecule has 0 bridgehead atoms. The fourth-order valence-electron chi connectivity index (χ4n) is 3.42. The molecule has 0 spiro atoms. The van der Waals surface area contributed by atoms with Crippen molar-refractivity contribution in [3.8, 4) is 5.69 Å². The number of fused-ring (bicyclic) bond motifs is 1. The molecule has 164 valence electrons. The van der Waals surface area contributed by atoms with Crippen molar-refractivity contribution in [2.24, 2.45) is 0 Å². The summed E-state index contributed by atoms with van der Waals surface area (Å²) in [6.07, 6.45) is 1.74. The van der Waals surface area contributed by atoms with Crippen LogP contribution in [0.25, 0.3) is 15.9 Å². The van der Waals surface area contributed by atoms with E-state index in [2.05, 4.69) is 22.4 Å². The summed E-state index contributed by atoms with van der Waals surface area (Å²) in [6.45, 7) is 2.33. The molecule has 0 fully saturated rings. The Morgan fingerprint density at radius 1 is 1.19 bits per heavy atom. The van der Waals surface area contributed by atoms with Gasteiger partial charge in [0.2, 0.25) is 5.91 Å². The van der Waals surface area contributed by atoms with E-state index in [1.54, 1.807) is 19.1 Å². The molecule has 0 radical (unpaired) electrons. The number of benzene rings is 2. The van der Waals surface area contributed by atoms with Gasteiger partial charge < -0.3 is 5.32 Å². The molecule has 0 saturated carbocycles. The van der Waals surface area contributed by atoms with E-state index >= 15 is 0 Å². The van der Waals surface area contributed by atoms with Gasteiger partial charge in [0.25, 0.3) is 5.56 Å². The van der Waals surface area contributed by atoms with Crippen LogP contribution in [0.15, 0.2) is 69.9 Å². The molecule has 1 N–H and O–H groups in total. The van der Waals surface area contributed by atoms with E-state index in [1.807, 2.05) is 23.6 Å².